The lowest BCUT2D eigenvalue weighted by atomic mass is 10.0. The first-order valence-electron chi connectivity index (χ1n) is 3.80. The van der Waals surface area contributed by atoms with Gasteiger partial charge in [0.2, 0.25) is 0 Å². The fourth-order valence-corrected chi connectivity index (χ4v) is 0.693. The van der Waals surface area contributed by atoms with Gasteiger partial charge in [0.1, 0.15) is 0 Å². The van der Waals surface area contributed by atoms with Crippen molar-refractivity contribution in [2.75, 3.05) is 6.61 Å². The van der Waals surface area contributed by atoms with E-state index in [2.05, 4.69) is 0 Å². The Morgan fingerprint density at radius 3 is 1.47 bits per heavy atom. The highest BCUT2D eigenvalue weighted by Gasteiger charge is 2.81. The molecular formula is C7H5F9O. The van der Waals surface area contributed by atoms with E-state index in [1.165, 1.54) is 0 Å². The molecule has 0 aliphatic rings. The molecule has 0 aliphatic carbocycles. The van der Waals surface area contributed by atoms with Crippen LogP contribution in [-0.4, -0.2) is 35.7 Å². The van der Waals surface area contributed by atoms with Crippen LogP contribution in [0.15, 0.2) is 12.2 Å². The van der Waals surface area contributed by atoms with Crippen LogP contribution < -0.4 is 0 Å². The largest absolute Gasteiger partial charge is 0.460 e. The van der Waals surface area contributed by atoms with E-state index in [1.807, 2.05) is 0 Å². The summed E-state index contributed by atoms with van der Waals surface area (Å²) in [4.78, 5) is 0. The van der Waals surface area contributed by atoms with Crippen LogP contribution in [0.5, 0.6) is 0 Å². The fourth-order valence-electron chi connectivity index (χ4n) is 0.693. The van der Waals surface area contributed by atoms with Gasteiger partial charge in [0.05, 0.1) is 6.61 Å². The molecular weight excluding hydrogens is 271 g/mol. The molecule has 0 saturated carbocycles. The minimum atomic E-state index is -6.90. The summed E-state index contributed by atoms with van der Waals surface area (Å²) in [5.74, 6) is -19.3. The van der Waals surface area contributed by atoms with Gasteiger partial charge in [0.15, 0.2) is 0 Å². The van der Waals surface area contributed by atoms with E-state index >= 15 is 0 Å². The average Bonchev–Trinajstić information content (AvgIpc) is 2.12. The standard InChI is InChI=1S/C7H5F9O/c8-4(9,2-1-3-17)5(10,11)6(12,13)7(14,15)16/h1-2,17H,3H2/b2-1-. The number of alkyl halides is 9. The summed E-state index contributed by atoms with van der Waals surface area (Å²) in [6.45, 7) is -1.22. The number of halogens is 9. The van der Waals surface area contributed by atoms with Crippen molar-refractivity contribution in [3.05, 3.63) is 12.2 Å². The molecule has 0 unspecified atom stereocenters. The second-order valence-corrected chi connectivity index (χ2v) is 2.85. The van der Waals surface area contributed by atoms with Crippen molar-refractivity contribution in [3.8, 4) is 0 Å². The van der Waals surface area contributed by atoms with Gasteiger partial charge in [0.25, 0.3) is 0 Å². The quantitative estimate of drug-likeness (QED) is 0.618. The molecule has 17 heavy (non-hydrogen) atoms. The van der Waals surface area contributed by atoms with Gasteiger partial charge in [-0.25, -0.2) is 0 Å². The fraction of sp³-hybridized carbons (Fsp3) is 0.714. The normalized spacial score (nSPS) is 15.6. The molecule has 0 aliphatic heterocycles. The van der Waals surface area contributed by atoms with Crippen LogP contribution in [0.25, 0.3) is 0 Å². The Bertz CT molecular complexity index is 290. The van der Waals surface area contributed by atoms with Gasteiger partial charge in [-0.15, -0.1) is 0 Å². The highest BCUT2D eigenvalue weighted by Crippen LogP contribution is 2.53. The minimum Gasteiger partial charge on any atom is -0.392 e. The molecule has 0 amide bonds. The molecule has 0 heterocycles. The zero-order chi connectivity index (χ0) is 14.1. The Balaban J connectivity index is 5.47. The van der Waals surface area contributed by atoms with Gasteiger partial charge in [-0.05, 0) is 6.08 Å². The van der Waals surface area contributed by atoms with Crippen molar-refractivity contribution >= 4 is 0 Å². The molecule has 0 bridgehead atoms. The third kappa shape index (κ3) is 2.67. The summed E-state index contributed by atoms with van der Waals surface area (Å²) in [6, 6.07) is 0. The Kier molecular flexibility index (Phi) is 4.15. The first-order valence-corrected chi connectivity index (χ1v) is 3.80. The molecule has 1 N–H and O–H groups in total. The Labute approximate surface area is 88.5 Å². The van der Waals surface area contributed by atoms with Crippen LogP contribution in [0.2, 0.25) is 0 Å². The number of aliphatic hydroxyl groups is 1. The van der Waals surface area contributed by atoms with E-state index < -0.39 is 36.6 Å². The number of hydrogen-bond acceptors (Lipinski definition) is 1. The second kappa shape index (κ2) is 4.39. The van der Waals surface area contributed by atoms with Crippen molar-refractivity contribution < 1.29 is 44.6 Å². The topological polar surface area (TPSA) is 20.2 Å². The number of allylic oxidation sites excluding steroid dienone is 1. The predicted octanol–water partition coefficient (Wildman–Crippen LogP) is 3.00. The Hall–Kier alpha value is -0.930. The van der Waals surface area contributed by atoms with Crippen molar-refractivity contribution in [1.82, 2.24) is 0 Å². The average molecular weight is 276 g/mol. The minimum absolute atomic E-state index is 0.0691. The summed E-state index contributed by atoms with van der Waals surface area (Å²) >= 11 is 0. The van der Waals surface area contributed by atoms with Gasteiger partial charge < -0.3 is 5.11 Å². The maximum absolute atomic E-state index is 12.5. The SMILES string of the molecule is OC/C=C\C(F)(F)C(F)(F)C(F)(F)C(F)(F)F. The smallest absolute Gasteiger partial charge is 0.392 e. The lowest BCUT2D eigenvalue weighted by molar-refractivity contribution is -0.388. The van der Waals surface area contributed by atoms with E-state index in [0.29, 0.717) is 0 Å². The van der Waals surface area contributed by atoms with Crippen molar-refractivity contribution in [2.45, 2.75) is 23.9 Å². The van der Waals surface area contributed by atoms with Gasteiger partial charge in [-0.1, -0.05) is 6.08 Å². The zero-order valence-electron chi connectivity index (χ0n) is 7.71. The van der Waals surface area contributed by atoms with Gasteiger partial charge >= 0.3 is 23.9 Å². The third-order valence-corrected chi connectivity index (χ3v) is 1.60. The summed E-state index contributed by atoms with van der Waals surface area (Å²) in [7, 11) is 0. The number of hydrogen-bond donors (Lipinski definition) is 1. The van der Waals surface area contributed by atoms with Crippen LogP contribution in [0.4, 0.5) is 39.5 Å². The highest BCUT2D eigenvalue weighted by molar-refractivity contribution is 5.09. The van der Waals surface area contributed by atoms with Crippen molar-refractivity contribution in [1.29, 1.82) is 0 Å². The summed E-state index contributed by atoms with van der Waals surface area (Å²) < 4.78 is 109. The Morgan fingerprint density at radius 1 is 0.765 bits per heavy atom. The molecule has 0 atom stereocenters. The van der Waals surface area contributed by atoms with Gasteiger partial charge in [-0.3, -0.25) is 0 Å². The van der Waals surface area contributed by atoms with Crippen molar-refractivity contribution in [2.24, 2.45) is 0 Å². The van der Waals surface area contributed by atoms with E-state index in [-0.39, 0.29) is 6.08 Å². The first-order chi connectivity index (χ1) is 7.31. The maximum Gasteiger partial charge on any atom is 0.460 e. The van der Waals surface area contributed by atoms with Crippen LogP contribution in [-0.2, 0) is 0 Å². The van der Waals surface area contributed by atoms with Gasteiger partial charge in [0, 0.05) is 0 Å². The lowest BCUT2D eigenvalue weighted by Gasteiger charge is -2.32. The molecule has 0 aromatic heterocycles. The molecule has 0 fully saturated rings. The monoisotopic (exact) mass is 276 g/mol. The number of rotatable bonds is 4. The van der Waals surface area contributed by atoms with E-state index in [9.17, 15) is 39.5 Å². The third-order valence-electron chi connectivity index (χ3n) is 1.60. The summed E-state index contributed by atoms with van der Waals surface area (Å²) in [6.07, 6.45) is -7.81. The molecule has 0 spiro atoms. The van der Waals surface area contributed by atoms with Crippen LogP contribution in [0, 0.1) is 0 Å². The van der Waals surface area contributed by atoms with Gasteiger partial charge in [-0.2, -0.15) is 39.5 Å². The summed E-state index contributed by atoms with van der Waals surface area (Å²) in [5.41, 5.74) is 0. The molecule has 0 radical (unpaired) electrons. The maximum atomic E-state index is 12.5. The molecule has 10 heteroatoms. The predicted molar refractivity (Wildman–Crippen MR) is 37.1 cm³/mol. The first kappa shape index (κ1) is 16.1. The lowest BCUT2D eigenvalue weighted by Crippen LogP contribution is -2.60. The molecule has 0 saturated heterocycles. The molecule has 0 aromatic carbocycles. The molecule has 1 nitrogen and oxygen atoms in total. The van der Waals surface area contributed by atoms with E-state index in [1.54, 1.807) is 0 Å². The van der Waals surface area contributed by atoms with E-state index in [4.69, 9.17) is 5.11 Å². The van der Waals surface area contributed by atoms with Crippen LogP contribution >= 0.6 is 0 Å². The van der Waals surface area contributed by atoms with Crippen molar-refractivity contribution in [3.63, 3.8) is 0 Å². The van der Waals surface area contributed by atoms with Crippen LogP contribution in [0.3, 0.4) is 0 Å². The molecule has 102 valence electrons. The molecule has 0 aromatic rings. The highest BCUT2D eigenvalue weighted by atomic mass is 19.4. The second-order valence-electron chi connectivity index (χ2n) is 2.85. The zero-order valence-corrected chi connectivity index (χ0v) is 7.71. The molecule has 0 rings (SSSR count). The van der Waals surface area contributed by atoms with Crippen LogP contribution in [0.1, 0.15) is 0 Å². The van der Waals surface area contributed by atoms with E-state index in [0.717, 1.165) is 0 Å². The summed E-state index contributed by atoms with van der Waals surface area (Å²) in [5, 5.41) is 7.98. The number of aliphatic hydroxyl groups excluding tert-OH is 1. The Morgan fingerprint density at radius 2 is 1.18 bits per heavy atom.